The van der Waals surface area contributed by atoms with Gasteiger partial charge in [-0.15, -0.1) is 11.3 Å². The first-order chi connectivity index (χ1) is 9.25. The molecule has 0 spiro atoms. The fourth-order valence-electron chi connectivity index (χ4n) is 1.30. The topological polar surface area (TPSA) is 50.7 Å². The number of para-hydroxylation sites is 1. The van der Waals surface area contributed by atoms with E-state index in [9.17, 15) is 4.79 Å². The van der Waals surface area contributed by atoms with E-state index in [2.05, 4.69) is 10.5 Å². The summed E-state index contributed by atoms with van der Waals surface area (Å²) in [5.41, 5.74) is 0.556. The van der Waals surface area contributed by atoms with Crippen LogP contribution in [0.2, 0.25) is 5.02 Å². The van der Waals surface area contributed by atoms with E-state index in [4.69, 9.17) is 16.4 Å². The van der Waals surface area contributed by atoms with E-state index in [1.165, 1.54) is 11.3 Å². The van der Waals surface area contributed by atoms with Gasteiger partial charge in [-0.2, -0.15) is 0 Å². The minimum Gasteiger partial charge on any atom is -0.386 e. The number of amides is 1. The van der Waals surface area contributed by atoms with Crippen LogP contribution in [0, 0.1) is 0 Å². The van der Waals surface area contributed by atoms with E-state index < -0.39 is 0 Å². The van der Waals surface area contributed by atoms with Crippen molar-refractivity contribution >= 4 is 40.7 Å². The van der Waals surface area contributed by atoms with Gasteiger partial charge in [0.05, 0.1) is 16.9 Å². The minimum atomic E-state index is -0.309. The van der Waals surface area contributed by atoms with Crippen molar-refractivity contribution in [3.05, 3.63) is 51.7 Å². The van der Waals surface area contributed by atoms with Crippen molar-refractivity contribution in [2.45, 2.75) is 0 Å². The fraction of sp³-hybridized carbons (Fsp3) is 0.0769. The molecule has 0 saturated heterocycles. The SMILES string of the molecule is O=C(CO/N=C/c1cccs1)Nc1ccccc1Cl. The average Bonchev–Trinajstić information content (AvgIpc) is 2.91. The average molecular weight is 295 g/mol. The van der Waals surface area contributed by atoms with Crippen molar-refractivity contribution < 1.29 is 9.63 Å². The van der Waals surface area contributed by atoms with Crippen molar-refractivity contribution in [1.29, 1.82) is 0 Å². The molecule has 0 unspecified atom stereocenters. The Morgan fingerprint density at radius 1 is 1.37 bits per heavy atom. The Hall–Kier alpha value is -1.85. The van der Waals surface area contributed by atoms with Crippen LogP contribution in [0.4, 0.5) is 5.69 Å². The van der Waals surface area contributed by atoms with Crippen molar-refractivity contribution in [2.75, 3.05) is 11.9 Å². The molecule has 2 rings (SSSR count). The first-order valence-corrected chi connectivity index (χ1v) is 6.74. The number of oxime groups is 1. The van der Waals surface area contributed by atoms with Crippen LogP contribution in [0.3, 0.4) is 0 Å². The Morgan fingerprint density at radius 2 is 2.21 bits per heavy atom. The molecule has 0 radical (unpaired) electrons. The quantitative estimate of drug-likeness (QED) is 0.679. The Kier molecular flexibility index (Phi) is 4.94. The summed E-state index contributed by atoms with van der Waals surface area (Å²) in [6.45, 7) is -0.160. The number of hydrogen-bond acceptors (Lipinski definition) is 4. The molecule has 1 aromatic carbocycles. The van der Waals surface area contributed by atoms with Crippen molar-refractivity contribution in [3.8, 4) is 0 Å². The van der Waals surface area contributed by atoms with Gasteiger partial charge in [0, 0.05) is 4.88 Å². The van der Waals surface area contributed by atoms with Crippen molar-refractivity contribution in [1.82, 2.24) is 0 Å². The van der Waals surface area contributed by atoms with Crippen LogP contribution in [0.15, 0.2) is 46.9 Å². The van der Waals surface area contributed by atoms with Crippen LogP contribution in [-0.2, 0) is 9.63 Å². The van der Waals surface area contributed by atoms with Gasteiger partial charge in [-0.05, 0) is 23.6 Å². The summed E-state index contributed by atoms with van der Waals surface area (Å²) in [5, 5.41) is 8.77. The first-order valence-electron chi connectivity index (χ1n) is 5.49. The van der Waals surface area contributed by atoms with Gasteiger partial charge < -0.3 is 10.2 Å². The molecule has 19 heavy (non-hydrogen) atoms. The third-order valence-electron chi connectivity index (χ3n) is 2.14. The second-order valence-electron chi connectivity index (χ2n) is 3.55. The third-order valence-corrected chi connectivity index (χ3v) is 3.28. The lowest BCUT2D eigenvalue weighted by Crippen LogP contribution is -2.17. The summed E-state index contributed by atoms with van der Waals surface area (Å²) in [6.07, 6.45) is 1.56. The Bertz CT molecular complexity index is 570. The maximum atomic E-state index is 11.6. The maximum Gasteiger partial charge on any atom is 0.265 e. The van der Waals surface area contributed by atoms with Crippen LogP contribution >= 0.6 is 22.9 Å². The molecule has 0 saturated carbocycles. The van der Waals surface area contributed by atoms with Crippen LogP contribution < -0.4 is 5.32 Å². The molecular formula is C13H11ClN2O2S. The lowest BCUT2D eigenvalue weighted by Gasteiger charge is -2.05. The Morgan fingerprint density at radius 3 is 2.95 bits per heavy atom. The molecule has 0 atom stereocenters. The molecule has 0 aliphatic heterocycles. The molecule has 1 amide bonds. The number of nitrogens with zero attached hydrogens (tertiary/aromatic N) is 1. The van der Waals surface area contributed by atoms with Gasteiger partial charge in [0.2, 0.25) is 0 Å². The summed E-state index contributed by atoms with van der Waals surface area (Å²) in [4.78, 5) is 17.4. The van der Waals surface area contributed by atoms with E-state index in [1.54, 1.807) is 30.5 Å². The number of benzene rings is 1. The van der Waals surface area contributed by atoms with Gasteiger partial charge in [-0.3, -0.25) is 4.79 Å². The number of nitrogens with one attached hydrogen (secondary N) is 1. The highest BCUT2D eigenvalue weighted by Gasteiger charge is 2.05. The molecule has 1 N–H and O–H groups in total. The fourth-order valence-corrected chi connectivity index (χ4v) is 2.06. The molecule has 6 heteroatoms. The van der Waals surface area contributed by atoms with Crippen LogP contribution in [0.1, 0.15) is 4.88 Å². The van der Waals surface area contributed by atoms with Gasteiger partial charge in [0.15, 0.2) is 6.61 Å². The summed E-state index contributed by atoms with van der Waals surface area (Å²) in [6, 6.07) is 10.8. The number of carbonyl (C=O) groups excluding carboxylic acids is 1. The highest BCUT2D eigenvalue weighted by Crippen LogP contribution is 2.20. The van der Waals surface area contributed by atoms with Gasteiger partial charge in [-0.1, -0.05) is 35.0 Å². The summed E-state index contributed by atoms with van der Waals surface area (Å²) in [5.74, 6) is -0.309. The molecule has 0 fully saturated rings. The van der Waals surface area contributed by atoms with Crippen LogP contribution in [0.25, 0.3) is 0 Å². The highest BCUT2D eigenvalue weighted by atomic mass is 35.5. The molecule has 0 bridgehead atoms. The zero-order valence-corrected chi connectivity index (χ0v) is 11.4. The van der Waals surface area contributed by atoms with Crippen LogP contribution in [0.5, 0.6) is 0 Å². The van der Waals surface area contributed by atoms with Crippen LogP contribution in [-0.4, -0.2) is 18.7 Å². The number of carbonyl (C=O) groups is 1. The smallest absolute Gasteiger partial charge is 0.265 e. The number of thiophene rings is 1. The summed E-state index contributed by atoms with van der Waals surface area (Å²) < 4.78 is 0. The predicted octanol–water partition coefficient (Wildman–Crippen LogP) is 3.39. The second kappa shape index (κ2) is 6.92. The van der Waals surface area contributed by atoms with Crippen molar-refractivity contribution in [3.63, 3.8) is 0 Å². The molecule has 1 aromatic heterocycles. The number of rotatable bonds is 5. The number of hydrogen-bond donors (Lipinski definition) is 1. The largest absolute Gasteiger partial charge is 0.386 e. The second-order valence-corrected chi connectivity index (χ2v) is 4.94. The number of halogens is 1. The molecule has 0 aliphatic rings. The van der Waals surface area contributed by atoms with Gasteiger partial charge in [-0.25, -0.2) is 0 Å². The summed E-state index contributed by atoms with van der Waals surface area (Å²) >= 11 is 7.45. The third kappa shape index (κ3) is 4.39. The van der Waals surface area contributed by atoms with E-state index in [0.717, 1.165) is 4.88 Å². The Balaban J connectivity index is 1.78. The Labute approximate surface area is 119 Å². The normalized spacial score (nSPS) is 10.6. The maximum absolute atomic E-state index is 11.6. The van der Waals surface area contributed by atoms with Crippen molar-refractivity contribution in [2.24, 2.45) is 5.16 Å². The van der Waals surface area contributed by atoms with Gasteiger partial charge >= 0.3 is 0 Å². The standard InChI is InChI=1S/C13H11ClN2O2S/c14-11-5-1-2-6-12(11)16-13(17)9-18-15-8-10-4-3-7-19-10/h1-8H,9H2,(H,16,17)/b15-8+. The monoisotopic (exact) mass is 294 g/mol. The number of anilines is 1. The molecule has 2 aromatic rings. The molecule has 4 nitrogen and oxygen atoms in total. The minimum absolute atomic E-state index is 0.160. The summed E-state index contributed by atoms with van der Waals surface area (Å²) in [7, 11) is 0. The predicted molar refractivity (Wildman–Crippen MR) is 77.9 cm³/mol. The van der Waals surface area contributed by atoms with E-state index in [0.29, 0.717) is 10.7 Å². The molecule has 0 aliphatic carbocycles. The lowest BCUT2D eigenvalue weighted by atomic mass is 10.3. The molecule has 98 valence electrons. The van der Waals surface area contributed by atoms with E-state index in [-0.39, 0.29) is 12.5 Å². The van der Waals surface area contributed by atoms with Gasteiger partial charge in [0.25, 0.3) is 5.91 Å². The highest BCUT2D eigenvalue weighted by molar-refractivity contribution is 7.11. The van der Waals surface area contributed by atoms with E-state index >= 15 is 0 Å². The first kappa shape index (κ1) is 13.6. The van der Waals surface area contributed by atoms with E-state index in [1.807, 2.05) is 17.5 Å². The zero-order valence-electron chi connectivity index (χ0n) is 9.88. The van der Waals surface area contributed by atoms with Gasteiger partial charge in [0.1, 0.15) is 0 Å². The zero-order chi connectivity index (χ0) is 13.5. The molecular weight excluding hydrogens is 284 g/mol. The molecule has 1 heterocycles. The lowest BCUT2D eigenvalue weighted by molar-refractivity contribution is -0.120.